The van der Waals surface area contributed by atoms with Crippen molar-refractivity contribution in [3.05, 3.63) is 54.1 Å². The summed E-state index contributed by atoms with van der Waals surface area (Å²) in [6.07, 6.45) is 7.83. The van der Waals surface area contributed by atoms with Crippen LogP contribution in [0, 0.1) is 5.92 Å². The highest BCUT2D eigenvalue weighted by Gasteiger charge is 2.23. The summed E-state index contributed by atoms with van der Waals surface area (Å²) in [7, 11) is 1.90. The zero-order valence-electron chi connectivity index (χ0n) is 20.6. The number of aromatic nitrogens is 1. The number of carbonyl (C=O) groups excluding carboxylic acids is 1. The number of pyridine rings is 1. The highest BCUT2D eigenvalue weighted by atomic mass is 32.1. The number of aliphatic hydroxyl groups is 1. The molecule has 4 N–H and O–H groups in total. The van der Waals surface area contributed by atoms with Gasteiger partial charge in [-0.1, -0.05) is 32.1 Å². The SMILES string of the molecule is CC.CNc1ccc2c(c1)N1CCC(C/C=C/CNc3cccc(n3)NC2=O)CC1.OCCS. The maximum atomic E-state index is 13.0. The minimum atomic E-state index is -0.128. The van der Waals surface area contributed by atoms with E-state index in [-0.39, 0.29) is 12.5 Å². The summed E-state index contributed by atoms with van der Waals surface area (Å²) in [5.41, 5.74) is 2.68. The van der Waals surface area contributed by atoms with E-state index in [1.54, 1.807) is 0 Å². The lowest BCUT2D eigenvalue weighted by molar-refractivity contribution is 0.102. The van der Waals surface area contributed by atoms with Crippen LogP contribution in [0.5, 0.6) is 0 Å². The van der Waals surface area contributed by atoms with Gasteiger partial charge < -0.3 is 26.0 Å². The van der Waals surface area contributed by atoms with Gasteiger partial charge in [-0.2, -0.15) is 12.6 Å². The Hall–Kier alpha value is -2.71. The van der Waals surface area contributed by atoms with Gasteiger partial charge in [0.15, 0.2) is 0 Å². The molecule has 2 aromatic rings. The van der Waals surface area contributed by atoms with Crippen molar-refractivity contribution in [2.45, 2.75) is 33.1 Å². The number of thiol groups is 1. The number of carbonyl (C=O) groups is 1. The molecule has 0 unspecified atom stereocenters. The van der Waals surface area contributed by atoms with Gasteiger partial charge in [0, 0.05) is 38.1 Å². The Kier molecular flexibility index (Phi) is 12.3. The van der Waals surface area contributed by atoms with E-state index in [0.717, 1.165) is 56.1 Å². The van der Waals surface area contributed by atoms with E-state index in [1.165, 1.54) is 0 Å². The van der Waals surface area contributed by atoms with Crippen molar-refractivity contribution in [1.82, 2.24) is 4.98 Å². The number of nitrogens with one attached hydrogen (secondary N) is 3. The normalized spacial score (nSPS) is 16.5. The quantitative estimate of drug-likeness (QED) is 0.307. The van der Waals surface area contributed by atoms with Crippen LogP contribution in [0.15, 0.2) is 48.6 Å². The molecular formula is C26H39N5O2S. The Bertz CT molecular complexity index is 912. The molecule has 1 saturated heterocycles. The monoisotopic (exact) mass is 485 g/mol. The number of allylic oxidation sites excluding steroid dienone is 1. The van der Waals surface area contributed by atoms with Gasteiger partial charge in [0.05, 0.1) is 17.9 Å². The molecule has 1 fully saturated rings. The van der Waals surface area contributed by atoms with Crippen LogP contribution in [0.3, 0.4) is 0 Å². The first-order valence-electron chi connectivity index (χ1n) is 12.1. The van der Waals surface area contributed by atoms with Crippen molar-refractivity contribution in [2.75, 3.05) is 59.9 Å². The molecule has 7 nitrogen and oxygen atoms in total. The molecule has 1 amide bonds. The molecule has 0 aliphatic carbocycles. The molecule has 3 aliphatic rings. The van der Waals surface area contributed by atoms with Crippen LogP contribution in [0.2, 0.25) is 0 Å². The van der Waals surface area contributed by atoms with Crippen molar-refractivity contribution in [3.8, 4) is 0 Å². The second-order valence-electron chi connectivity index (χ2n) is 7.81. The zero-order chi connectivity index (χ0) is 24.8. The zero-order valence-corrected chi connectivity index (χ0v) is 21.4. The lowest BCUT2D eigenvalue weighted by Gasteiger charge is -2.34. The second-order valence-corrected chi connectivity index (χ2v) is 8.26. The largest absolute Gasteiger partial charge is 0.396 e. The summed E-state index contributed by atoms with van der Waals surface area (Å²) in [5.74, 6) is 2.45. The molecule has 4 heterocycles. The fourth-order valence-electron chi connectivity index (χ4n) is 3.87. The minimum absolute atomic E-state index is 0.128. The average Bonchev–Trinajstić information content (AvgIpc) is 2.89. The molecule has 1 aromatic carbocycles. The van der Waals surface area contributed by atoms with Crippen molar-refractivity contribution >= 4 is 41.5 Å². The Morgan fingerprint density at radius 1 is 1.15 bits per heavy atom. The van der Waals surface area contributed by atoms with E-state index in [2.05, 4.69) is 56.7 Å². The predicted octanol–water partition coefficient (Wildman–Crippen LogP) is 4.90. The fraction of sp³-hybridized carbons (Fsp3) is 0.462. The molecule has 5 rings (SSSR count). The van der Waals surface area contributed by atoms with E-state index < -0.39 is 0 Å². The summed E-state index contributed by atoms with van der Waals surface area (Å²) in [6.45, 7) is 6.86. The molecule has 0 atom stereocenters. The minimum Gasteiger partial charge on any atom is -0.396 e. The van der Waals surface area contributed by atoms with Gasteiger partial charge in [0.25, 0.3) is 5.91 Å². The number of nitrogens with zero attached hydrogens (tertiary/aromatic N) is 2. The maximum absolute atomic E-state index is 13.0. The van der Waals surface area contributed by atoms with Gasteiger partial charge in [0.2, 0.25) is 0 Å². The standard InChI is InChI=1S/C22H27N5O.C2H6OS.C2H6/c1-23-17-8-9-18-19(15-17)27-13-10-16(11-14-27)5-2-3-12-24-20-6-4-7-21(25-20)26-22(18)28;3-1-2-4;1-2/h2-4,6-9,15-16,23H,5,10-14H2,1H3,(H2,24,25,26,28);3-4H,1-2H2;1-2H3/b3-2+;;. The van der Waals surface area contributed by atoms with Crippen molar-refractivity contribution in [1.29, 1.82) is 0 Å². The third-order valence-electron chi connectivity index (χ3n) is 5.61. The molecule has 3 aliphatic heterocycles. The number of aliphatic hydroxyl groups excluding tert-OH is 1. The number of rotatable bonds is 2. The number of piperidine rings is 1. The first-order valence-corrected chi connectivity index (χ1v) is 12.7. The van der Waals surface area contributed by atoms with Crippen LogP contribution in [-0.2, 0) is 0 Å². The average molecular weight is 486 g/mol. The van der Waals surface area contributed by atoms with Crippen LogP contribution in [0.1, 0.15) is 43.5 Å². The molecule has 0 radical (unpaired) electrons. The van der Waals surface area contributed by atoms with Gasteiger partial charge in [-0.15, -0.1) is 0 Å². The van der Waals surface area contributed by atoms with E-state index in [1.807, 2.05) is 51.2 Å². The maximum Gasteiger partial charge on any atom is 0.258 e. The Morgan fingerprint density at radius 2 is 1.85 bits per heavy atom. The van der Waals surface area contributed by atoms with Crippen LogP contribution in [0.4, 0.5) is 23.0 Å². The topological polar surface area (TPSA) is 89.5 Å². The fourth-order valence-corrected chi connectivity index (χ4v) is 3.87. The summed E-state index contributed by atoms with van der Waals surface area (Å²) in [4.78, 5) is 19.9. The van der Waals surface area contributed by atoms with E-state index in [4.69, 9.17) is 5.11 Å². The van der Waals surface area contributed by atoms with E-state index >= 15 is 0 Å². The lowest BCUT2D eigenvalue weighted by Crippen LogP contribution is -2.35. The van der Waals surface area contributed by atoms with Crippen LogP contribution < -0.4 is 20.9 Å². The van der Waals surface area contributed by atoms with Gasteiger partial charge >= 0.3 is 0 Å². The van der Waals surface area contributed by atoms with Crippen molar-refractivity contribution < 1.29 is 9.90 Å². The number of fused-ring (bicyclic) bond motifs is 6. The summed E-state index contributed by atoms with van der Waals surface area (Å²) in [6, 6.07) is 11.5. The van der Waals surface area contributed by atoms with Gasteiger partial charge in [-0.05, 0) is 55.5 Å². The lowest BCUT2D eigenvalue weighted by atomic mass is 9.92. The first kappa shape index (κ1) is 27.5. The molecule has 1 aromatic heterocycles. The van der Waals surface area contributed by atoms with Crippen molar-refractivity contribution in [3.63, 3.8) is 0 Å². The van der Waals surface area contributed by atoms with Crippen molar-refractivity contribution in [2.24, 2.45) is 5.92 Å². The molecule has 34 heavy (non-hydrogen) atoms. The van der Waals surface area contributed by atoms with Crippen LogP contribution in [0.25, 0.3) is 0 Å². The number of anilines is 4. The molecule has 186 valence electrons. The number of amides is 1. The molecule has 4 bridgehead atoms. The first-order chi connectivity index (χ1) is 16.6. The molecular weight excluding hydrogens is 446 g/mol. The number of benzene rings is 1. The summed E-state index contributed by atoms with van der Waals surface area (Å²) < 4.78 is 0. The molecule has 8 heteroatoms. The Morgan fingerprint density at radius 3 is 2.53 bits per heavy atom. The van der Waals surface area contributed by atoms with Gasteiger partial charge in [-0.25, -0.2) is 4.98 Å². The second kappa shape index (κ2) is 15.2. The van der Waals surface area contributed by atoms with Gasteiger partial charge in [0.1, 0.15) is 11.6 Å². The Labute approximate surface area is 209 Å². The third kappa shape index (κ3) is 8.25. The Balaban J connectivity index is 0.000000618. The highest BCUT2D eigenvalue weighted by molar-refractivity contribution is 7.80. The third-order valence-corrected chi connectivity index (χ3v) is 5.81. The van der Waals surface area contributed by atoms with Gasteiger partial charge in [-0.3, -0.25) is 4.79 Å². The number of hydrogen-bond donors (Lipinski definition) is 5. The van der Waals surface area contributed by atoms with Crippen LogP contribution >= 0.6 is 12.6 Å². The van der Waals surface area contributed by atoms with E-state index in [9.17, 15) is 4.79 Å². The van der Waals surface area contributed by atoms with Crippen LogP contribution in [-0.4, -0.2) is 55.0 Å². The van der Waals surface area contributed by atoms with E-state index in [0.29, 0.717) is 23.1 Å². The highest BCUT2D eigenvalue weighted by Crippen LogP contribution is 2.31. The summed E-state index contributed by atoms with van der Waals surface area (Å²) >= 11 is 3.67. The number of hydrogen-bond acceptors (Lipinski definition) is 7. The molecule has 0 spiro atoms. The smallest absolute Gasteiger partial charge is 0.258 e. The summed E-state index contributed by atoms with van der Waals surface area (Å²) in [5, 5.41) is 17.2. The predicted molar refractivity (Wildman–Crippen MR) is 148 cm³/mol. The molecule has 0 saturated carbocycles.